The molecule has 5 atom stereocenters. The molecule has 14 heavy (non-hydrogen) atoms. The predicted molar refractivity (Wildman–Crippen MR) is 53.7 cm³/mol. The van der Waals surface area contributed by atoms with E-state index in [1.165, 1.54) is 12.8 Å². The van der Waals surface area contributed by atoms with E-state index in [2.05, 4.69) is 13.8 Å². The second-order valence-electron chi connectivity index (χ2n) is 5.80. The Kier molecular flexibility index (Phi) is 1.66. The first-order valence-corrected chi connectivity index (χ1v) is 5.98. The van der Waals surface area contributed by atoms with Crippen molar-refractivity contribution in [3.63, 3.8) is 0 Å². The number of hydrogen-bond donors (Lipinski definition) is 1. The zero-order valence-corrected chi connectivity index (χ0v) is 9.12. The molecular weight excluding hydrogens is 176 g/mol. The molecule has 0 radical (unpaired) electrons. The number of hydrogen-bond acceptors (Lipinski definition) is 2. The second-order valence-corrected chi connectivity index (χ2v) is 5.80. The Morgan fingerprint density at radius 2 is 2.07 bits per heavy atom. The van der Waals surface area contributed by atoms with Gasteiger partial charge in [-0.1, -0.05) is 6.92 Å². The van der Waals surface area contributed by atoms with E-state index in [1.54, 1.807) is 0 Å². The Bertz CT molecular complexity index is 265. The van der Waals surface area contributed by atoms with Crippen molar-refractivity contribution < 1.29 is 9.84 Å². The van der Waals surface area contributed by atoms with E-state index >= 15 is 0 Å². The summed E-state index contributed by atoms with van der Waals surface area (Å²) in [6, 6.07) is 0. The Balaban J connectivity index is 2.03. The summed E-state index contributed by atoms with van der Waals surface area (Å²) < 4.78 is 5.97. The van der Waals surface area contributed by atoms with Crippen LogP contribution in [0.15, 0.2) is 0 Å². The normalized spacial score (nSPS) is 61.5. The summed E-state index contributed by atoms with van der Waals surface area (Å²) in [5.41, 5.74) is -0.0115. The van der Waals surface area contributed by atoms with Crippen molar-refractivity contribution in [3.05, 3.63) is 0 Å². The van der Waals surface area contributed by atoms with Crippen LogP contribution >= 0.6 is 0 Å². The van der Waals surface area contributed by atoms with Crippen LogP contribution in [0, 0.1) is 17.8 Å². The topological polar surface area (TPSA) is 29.5 Å². The third-order valence-electron chi connectivity index (χ3n) is 4.90. The molecule has 1 saturated carbocycles. The third-order valence-corrected chi connectivity index (χ3v) is 4.90. The minimum absolute atomic E-state index is 0.0115. The van der Waals surface area contributed by atoms with Gasteiger partial charge in [0.1, 0.15) is 0 Å². The summed E-state index contributed by atoms with van der Waals surface area (Å²) in [6.45, 7) is 4.48. The maximum Gasteiger partial charge on any atom is 0.169 e. The van der Waals surface area contributed by atoms with Crippen molar-refractivity contribution in [2.45, 2.75) is 57.3 Å². The predicted octanol–water partition coefficient (Wildman–Crippen LogP) is 2.31. The van der Waals surface area contributed by atoms with Gasteiger partial charge >= 0.3 is 0 Å². The van der Waals surface area contributed by atoms with Gasteiger partial charge in [0, 0.05) is 12.3 Å². The summed E-state index contributed by atoms with van der Waals surface area (Å²) in [6.07, 6.45) is 5.66. The van der Waals surface area contributed by atoms with Gasteiger partial charge in [-0.05, 0) is 44.4 Å². The van der Waals surface area contributed by atoms with E-state index in [0.717, 1.165) is 19.3 Å². The van der Waals surface area contributed by atoms with Gasteiger partial charge in [-0.25, -0.2) is 0 Å². The molecule has 2 nitrogen and oxygen atoms in total. The van der Waals surface area contributed by atoms with Crippen LogP contribution in [-0.2, 0) is 4.74 Å². The maximum atomic E-state index is 10.5. The average Bonchev–Trinajstić information content (AvgIpc) is 2.53. The summed E-state index contributed by atoms with van der Waals surface area (Å²) >= 11 is 0. The lowest BCUT2D eigenvalue weighted by atomic mass is 9.80. The first kappa shape index (κ1) is 9.17. The highest BCUT2D eigenvalue weighted by Gasteiger charge is 2.64. The molecule has 2 bridgehead atoms. The molecule has 0 aromatic heterocycles. The summed E-state index contributed by atoms with van der Waals surface area (Å²) in [7, 11) is 0. The second kappa shape index (κ2) is 2.53. The minimum atomic E-state index is -0.770. The molecule has 0 amide bonds. The lowest BCUT2D eigenvalue weighted by molar-refractivity contribution is -0.264. The van der Waals surface area contributed by atoms with Crippen LogP contribution in [0.25, 0.3) is 0 Å². The van der Waals surface area contributed by atoms with Crippen molar-refractivity contribution in [2.75, 3.05) is 0 Å². The number of ether oxygens (including phenoxy) is 1. The van der Waals surface area contributed by atoms with Crippen LogP contribution in [0.5, 0.6) is 0 Å². The minimum Gasteiger partial charge on any atom is -0.365 e. The molecule has 0 aromatic carbocycles. The fraction of sp³-hybridized carbons (Fsp3) is 1.00. The molecule has 1 aliphatic carbocycles. The van der Waals surface area contributed by atoms with Gasteiger partial charge < -0.3 is 9.84 Å². The van der Waals surface area contributed by atoms with Crippen LogP contribution in [0.3, 0.4) is 0 Å². The Labute approximate surface area is 85.6 Å². The zero-order valence-electron chi connectivity index (χ0n) is 9.12. The molecule has 3 aliphatic rings. The standard InChI is InChI=1S/C12H20O2/c1-8-4-5-9-10(8)12(13)7-3-6-11(9,2)14-12/h8-10,13H,3-7H2,1-2H3/t8-,9-,10+,11-,12+/m1/s1. The van der Waals surface area contributed by atoms with Crippen molar-refractivity contribution >= 4 is 0 Å². The highest BCUT2D eigenvalue weighted by Crippen LogP contribution is 2.61. The number of rotatable bonds is 0. The quantitative estimate of drug-likeness (QED) is 0.644. The highest BCUT2D eigenvalue weighted by atomic mass is 16.6. The summed E-state index contributed by atoms with van der Waals surface area (Å²) in [4.78, 5) is 0. The molecule has 2 saturated heterocycles. The van der Waals surface area contributed by atoms with E-state index in [1.807, 2.05) is 0 Å². The van der Waals surface area contributed by atoms with Gasteiger partial charge in [0.05, 0.1) is 5.60 Å². The van der Waals surface area contributed by atoms with E-state index < -0.39 is 5.79 Å². The summed E-state index contributed by atoms with van der Waals surface area (Å²) in [5.74, 6) is 0.901. The van der Waals surface area contributed by atoms with Gasteiger partial charge in [-0.15, -0.1) is 0 Å². The van der Waals surface area contributed by atoms with Gasteiger partial charge in [-0.3, -0.25) is 0 Å². The van der Waals surface area contributed by atoms with E-state index in [4.69, 9.17) is 4.74 Å². The molecule has 2 heteroatoms. The molecule has 3 fully saturated rings. The molecule has 80 valence electrons. The largest absolute Gasteiger partial charge is 0.365 e. The molecule has 0 spiro atoms. The highest BCUT2D eigenvalue weighted by molar-refractivity contribution is 5.08. The fourth-order valence-corrected chi connectivity index (χ4v) is 4.34. The van der Waals surface area contributed by atoms with Crippen LogP contribution in [0.4, 0.5) is 0 Å². The average molecular weight is 196 g/mol. The lowest BCUT2D eigenvalue weighted by Gasteiger charge is -2.38. The SMILES string of the molecule is C[C@@H]1CC[C@@H]2[C@H]1[C@]1(O)CCC[C@@]2(C)O1. The van der Waals surface area contributed by atoms with Gasteiger partial charge in [0.2, 0.25) is 0 Å². The van der Waals surface area contributed by atoms with Gasteiger partial charge in [-0.2, -0.15) is 0 Å². The van der Waals surface area contributed by atoms with Crippen LogP contribution < -0.4 is 0 Å². The van der Waals surface area contributed by atoms with E-state index in [9.17, 15) is 5.11 Å². The van der Waals surface area contributed by atoms with Crippen molar-refractivity contribution in [2.24, 2.45) is 17.8 Å². The number of aliphatic hydroxyl groups is 1. The smallest absolute Gasteiger partial charge is 0.169 e. The molecular formula is C12H20O2. The fourth-order valence-electron chi connectivity index (χ4n) is 4.34. The molecule has 2 aliphatic heterocycles. The van der Waals surface area contributed by atoms with Crippen molar-refractivity contribution in [3.8, 4) is 0 Å². The lowest BCUT2D eigenvalue weighted by Crippen LogP contribution is -2.42. The molecule has 2 heterocycles. The molecule has 1 N–H and O–H groups in total. The molecule has 0 aromatic rings. The Hall–Kier alpha value is -0.0800. The van der Waals surface area contributed by atoms with E-state index in [0.29, 0.717) is 17.8 Å². The van der Waals surface area contributed by atoms with Crippen LogP contribution in [0.1, 0.15) is 46.0 Å². The monoisotopic (exact) mass is 196 g/mol. The van der Waals surface area contributed by atoms with Crippen LogP contribution in [0.2, 0.25) is 0 Å². The van der Waals surface area contributed by atoms with Crippen molar-refractivity contribution in [1.82, 2.24) is 0 Å². The molecule has 0 unspecified atom stereocenters. The first-order chi connectivity index (χ1) is 6.55. The Morgan fingerprint density at radius 3 is 2.86 bits per heavy atom. The number of fused-ring (bicyclic) bond motifs is 5. The van der Waals surface area contributed by atoms with Crippen LogP contribution in [-0.4, -0.2) is 16.5 Å². The maximum absolute atomic E-state index is 10.5. The third kappa shape index (κ3) is 0.938. The molecule has 3 rings (SSSR count). The Morgan fingerprint density at radius 1 is 1.29 bits per heavy atom. The summed E-state index contributed by atoms with van der Waals surface area (Å²) in [5, 5.41) is 10.5. The van der Waals surface area contributed by atoms with E-state index in [-0.39, 0.29) is 5.60 Å². The first-order valence-electron chi connectivity index (χ1n) is 5.98. The van der Waals surface area contributed by atoms with Crippen molar-refractivity contribution in [1.29, 1.82) is 0 Å². The zero-order chi connectivity index (χ0) is 9.97. The van der Waals surface area contributed by atoms with Gasteiger partial charge in [0.15, 0.2) is 5.79 Å². The van der Waals surface area contributed by atoms with Gasteiger partial charge in [0.25, 0.3) is 0 Å².